The summed E-state index contributed by atoms with van der Waals surface area (Å²) >= 11 is 0. The maximum absolute atomic E-state index is 4.79. The number of aromatic nitrogens is 2. The van der Waals surface area contributed by atoms with E-state index in [1.54, 1.807) is 0 Å². The van der Waals surface area contributed by atoms with Crippen LogP contribution in [0.4, 0.5) is 5.82 Å². The summed E-state index contributed by atoms with van der Waals surface area (Å²) in [6.45, 7) is 6.17. The molecule has 1 heterocycles. The van der Waals surface area contributed by atoms with Crippen molar-refractivity contribution in [3.63, 3.8) is 0 Å². The number of nitrogens with zero attached hydrogens (tertiary/aromatic N) is 3. The average molecular weight is 303 g/mol. The third-order valence-electron chi connectivity index (χ3n) is 3.89. The molecule has 0 atom stereocenters. The van der Waals surface area contributed by atoms with Gasteiger partial charge in [0.1, 0.15) is 5.82 Å². The fourth-order valence-electron chi connectivity index (χ4n) is 2.65. The highest BCUT2D eigenvalue weighted by Crippen LogP contribution is 2.24. The van der Waals surface area contributed by atoms with Gasteiger partial charge in [-0.3, -0.25) is 0 Å². The van der Waals surface area contributed by atoms with E-state index >= 15 is 0 Å². The standard InChI is InChI=1S/C20H21N3/c1-3-23(4-2)20-17-12-8-9-13-18(17)21-19(22-20)15-14-16-10-6-5-7-11-16/h5-15H,3-4H2,1-2H3. The third-order valence-corrected chi connectivity index (χ3v) is 3.89. The molecule has 0 spiro atoms. The van der Waals surface area contributed by atoms with Crippen LogP contribution >= 0.6 is 0 Å². The first-order valence-electron chi connectivity index (χ1n) is 8.06. The third kappa shape index (κ3) is 3.39. The molecule has 0 aliphatic rings. The van der Waals surface area contributed by atoms with E-state index in [2.05, 4.69) is 48.0 Å². The number of hydrogen-bond acceptors (Lipinski definition) is 3. The molecule has 2 aromatic carbocycles. The predicted molar refractivity (Wildman–Crippen MR) is 98.5 cm³/mol. The molecule has 1 aromatic heterocycles. The minimum atomic E-state index is 0.745. The van der Waals surface area contributed by atoms with E-state index in [0.717, 1.165) is 41.2 Å². The first-order chi connectivity index (χ1) is 11.3. The summed E-state index contributed by atoms with van der Waals surface area (Å²) < 4.78 is 0. The SMILES string of the molecule is CCN(CC)c1nc(C=Cc2ccccc2)nc2ccccc12. The maximum atomic E-state index is 4.79. The second-order valence-corrected chi connectivity index (χ2v) is 5.34. The van der Waals surface area contributed by atoms with Gasteiger partial charge in [0.25, 0.3) is 0 Å². The topological polar surface area (TPSA) is 29.0 Å². The Morgan fingerprint density at radius 3 is 2.26 bits per heavy atom. The van der Waals surface area contributed by atoms with Crippen LogP contribution in [0.25, 0.3) is 23.1 Å². The number of rotatable bonds is 5. The van der Waals surface area contributed by atoms with E-state index in [4.69, 9.17) is 4.98 Å². The summed E-state index contributed by atoms with van der Waals surface area (Å²) in [6, 6.07) is 18.4. The van der Waals surface area contributed by atoms with Gasteiger partial charge in [0, 0.05) is 18.5 Å². The molecule has 0 aliphatic carbocycles. The molecule has 0 bridgehead atoms. The number of fused-ring (bicyclic) bond motifs is 1. The van der Waals surface area contributed by atoms with Crippen molar-refractivity contribution < 1.29 is 0 Å². The van der Waals surface area contributed by atoms with Crippen molar-refractivity contribution in [2.45, 2.75) is 13.8 Å². The van der Waals surface area contributed by atoms with Crippen LogP contribution in [-0.4, -0.2) is 23.1 Å². The lowest BCUT2D eigenvalue weighted by Gasteiger charge is -2.21. The van der Waals surface area contributed by atoms with Gasteiger partial charge in [-0.2, -0.15) is 0 Å². The van der Waals surface area contributed by atoms with Gasteiger partial charge in [0.2, 0.25) is 0 Å². The zero-order valence-electron chi connectivity index (χ0n) is 13.6. The summed E-state index contributed by atoms with van der Waals surface area (Å²) in [5.74, 6) is 1.75. The number of para-hydroxylation sites is 1. The second-order valence-electron chi connectivity index (χ2n) is 5.34. The van der Waals surface area contributed by atoms with Crippen molar-refractivity contribution in [2.24, 2.45) is 0 Å². The van der Waals surface area contributed by atoms with Crippen molar-refractivity contribution in [1.29, 1.82) is 0 Å². The normalized spacial score (nSPS) is 11.2. The number of benzene rings is 2. The number of anilines is 1. The molecule has 3 nitrogen and oxygen atoms in total. The molecule has 23 heavy (non-hydrogen) atoms. The minimum absolute atomic E-state index is 0.745. The lowest BCUT2D eigenvalue weighted by molar-refractivity contribution is 0.847. The molecular formula is C20H21N3. The molecule has 0 fully saturated rings. The van der Waals surface area contributed by atoms with Crippen LogP contribution in [0.3, 0.4) is 0 Å². The van der Waals surface area contributed by atoms with E-state index in [0.29, 0.717) is 0 Å². The number of hydrogen-bond donors (Lipinski definition) is 0. The van der Waals surface area contributed by atoms with Gasteiger partial charge in [-0.25, -0.2) is 9.97 Å². The maximum Gasteiger partial charge on any atom is 0.154 e. The van der Waals surface area contributed by atoms with Gasteiger partial charge >= 0.3 is 0 Å². The van der Waals surface area contributed by atoms with E-state index in [1.165, 1.54) is 0 Å². The van der Waals surface area contributed by atoms with Crippen LogP contribution in [0.15, 0.2) is 54.6 Å². The average Bonchev–Trinajstić information content (AvgIpc) is 2.62. The van der Waals surface area contributed by atoms with E-state index < -0.39 is 0 Å². The summed E-state index contributed by atoms with van der Waals surface area (Å²) in [5.41, 5.74) is 2.13. The van der Waals surface area contributed by atoms with E-state index in [1.807, 2.05) is 42.5 Å². The lowest BCUT2D eigenvalue weighted by atomic mass is 10.2. The highest BCUT2D eigenvalue weighted by molar-refractivity contribution is 5.90. The van der Waals surface area contributed by atoms with Gasteiger partial charge < -0.3 is 4.90 Å². The lowest BCUT2D eigenvalue weighted by Crippen LogP contribution is -2.23. The monoisotopic (exact) mass is 303 g/mol. The van der Waals surface area contributed by atoms with E-state index in [9.17, 15) is 0 Å². The Kier molecular flexibility index (Phi) is 4.67. The van der Waals surface area contributed by atoms with Crippen molar-refractivity contribution in [3.8, 4) is 0 Å². The van der Waals surface area contributed by atoms with Crippen molar-refractivity contribution in [2.75, 3.05) is 18.0 Å². The Balaban J connectivity index is 2.06. The van der Waals surface area contributed by atoms with Gasteiger partial charge in [0.05, 0.1) is 5.52 Å². The summed E-state index contributed by atoms with van der Waals surface area (Å²) in [6.07, 6.45) is 4.03. The second kappa shape index (κ2) is 7.05. The predicted octanol–water partition coefficient (Wildman–Crippen LogP) is 4.65. The Labute approximate surface area is 137 Å². The zero-order chi connectivity index (χ0) is 16.1. The molecule has 3 aromatic rings. The molecule has 116 valence electrons. The summed E-state index contributed by atoms with van der Waals surface area (Å²) in [5, 5.41) is 1.10. The van der Waals surface area contributed by atoms with Gasteiger partial charge in [-0.15, -0.1) is 0 Å². The Bertz CT molecular complexity index is 805. The molecule has 0 unspecified atom stereocenters. The largest absolute Gasteiger partial charge is 0.357 e. The molecule has 0 saturated carbocycles. The highest BCUT2D eigenvalue weighted by Gasteiger charge is 2.10. The molecule has 3 heteroatoms. The van der Waals surface area contributed by atoms with Gasteiger partial charge in [-0.1, -0.05) is 48.5 Å². The van der Waals surface area contributed by atoms with Crippen molar-refractivity contribution in [3.05, 3.63) is 66.0 Å². The Morgan fingerprint density at radius 1 is 0.826 bits per heavy atom. The smallest absolute Gasteiger partial charge is 0.154 e. The fourth-order valence-corrected chi connectivity index (χ4v) is 2.65. The quantitative estimate of drug-likeness (QED) is 0.687. The van der Waals surface area contributed by atoms with Gasteiger partial charge in [0.15, 0.2) is 5.82 Å². The summed E-state index contributed by atoms with van der Waals surface area (Å²) in [4.78, 5) is 11.7. The van der Waals surface area contributed by atoms with Crippen LogP contribution in [0.2, 0.25) is 0 Å². The zero-order valence-corrected chi connectivity index (χ0v) is 13.6. The molecule has 0 amide bonds. The van der Waals surface area contributed by atoms with Crippen LogP contribution in [0, 0.1) is 0 Å². The first-order valence-corrected chi connectivity index (χ1v) is 8.06. The van der Waals surface area contributed by atoms with Crippen molar-refractivity contribution >= 4 is 28.9 Å². The Hall–Kier alpha value is -2.68. The molecule has 0 N–H and O–H groups in total. The van der Waals surface area contributed by atoms with Crippen LogP contribution in [0.5, 0.6) is 0 Å². The molecule has 3 rings (SSSR count). The molecule has 0 aliphatic heterocycles. The molecular weight excluding hydrogens is 282 g/mol. The van der Waals surface area contributed by atoms with Crippen LogP contribution < -0.4 is 4.90 Å². The summed E-state index contributed by atoms with van der Waals surface area (Å²) in [7, 11) is 0. The first kappa shape index (κ1) is 15.2. The van der Waals surface area contributed by atoms with E-state index in [-0.39, 0.29) is 0 Å². The highest BCUT2D eigenvalue weighted by atomic mass is 15.2. The molecule has 0 radical (unpaired) electrons. The van der Waals surface area contributed by atoms with Crippen LogP contribution in [0.1, 0.15) is 25.2 Å². The van der Waals surface area contributed by atoms with Gasteiger partial charge in [-0.05, 0) is 37.6 Å². The fraction of sp³-hybridized carbons (Fsp3) is 0.200. The van der Waals surface area contributed by atoms with Crippen molar-refractivity contribution in [1.82, 2.24) is 9.97 Å². The molecule has 0 saturated heterocycles. The Morgan fingerprint density at radius 2 is 1.52 bits per heavy atom. The minimum Gasteiger partial charge on any atom is -0.357 e. The van der Waals surface area contributed by atoms with Crippen LogP contribution in [-0.2, 0) is 0 Å².